The van der Waals surface area contributed by atoms with Crippen molar-refractivity contribution < 1.29 is 20.1 Å². The summed E-state index contributed by atoms with van der Waals surface area (Å²) in [5.74, 6) is -0.194. The molecular weight excluding hydrogens is 234 g/mol. The summed E-state index contributed by atoms with van der Waals surface area (Å²) in [5, 5.41) is 27.8. The molecule has 98 valence electrons. The first-order valence-corrected chi connectivity index (χ1v) is 5.98. The zero-order chi connectivity index (χ0) is 13.1. The van der Waals surface area contributed by atoms with Gasteiger partial charge in [-0.05, 0) is 31.0 Å². The Labute approximate surface area is 105 Å². The Morgan fingerprint density at radius 1 is 1.39 bits per heavy atom. The summed E-state index contributed by atoms with van der Waals surface area (Å²) < 4.78 is 0. The summed E-state index contributed by atoms with van der Waals surface area (Å²) in [6.45, 7) is 1.88. The van der Waals surface area contributed by atoms with Crippen LogP contribution in [0.2, 0.25) is 0 Å². The van der Waals surface area contributed by atoms with Gasteiger partial charge in [0.05, 0.1) is 12.1 Å². The zero-order valence-electron chi connectivity index (χ0n) is 10.0. The van der Waals surface area contributed by atoms with E-state index in [-0.39, 0.29) is 41.9 Å². The molecule has 1 aliphatic heterocycles. The number of Topliss-reactive ketones (excluding diaryl/α,β-unsaturated/α-hetero) is 1. The third-order valence-electron chi connectivity index (χ3n) is 3.28. The number of benzene rings is 1. The number of likely N-dealkylation sites (tertiary alicyclic amines) is 1. The molecule has 0 aromatic heterocycles. The first-order valence-electron chi connectivity index (χ1n) is 5.98. The van der Waals surface area contributed by atoms with Gasteiger partial charge in [-0.15, -0.1) is 0 Å². The number of carbonyl (C=O) groups is 1. The second kappa shape index (κ2) is 5.37. The molecule has 1 aromatic carbocycles. The lowest BCUT2D eigenvalue weighted by Gasteiger charge is -2.14. The summed E-state index contributed by atoms with van der Waals surface area (Å²) in [6.07, 6.45) is 0.894. The van der Waals surface area contributed by atoms with Gasteiger partial charge in [0.2, 0.25) is 0 Å². The molecule has 1 saturated heterocycles. The fraction of sp³-hybridized carbons (Fsp3) is 0.462. The Kier molecular flexibility index (Phi) is 3.84. The Balaban J connectivity index is 2.00. The molecule has 1 aromatic rings. The van der Waals surface area contributed by atoms with Crippen molar-refractivity contribution in [2.45, 2.75) is 6.42 Å². The molecule has 3 N–H and O–H groups in total. The van der Waals surface area contributed by atoms with Gasteiger partial charge in [-0.3, -0.25) is 9.69 Å². The standard InChI is InChI=1S/C13H17NO4/c15-8-9-3-4-14(6-9)7-13(18)11-2-1-10(16)5-12(11)17/h1-2,5,9,15-17H,3-4,6-8H2. The minimum atomic E-state index is -0.196. The highest BCUT2D eigenvalue weighted by Gasteiger charge is 2.24. The number of aliphatic hydroxyl groups excluding tert-OH is 1. The van der Waals surface area contributed by atoms with Gasteiger partial charge in [-0.2, -0.15) is 0 Å². The van der Waals surface area contributed by atoms with Crippen molar-refractivity contribution in [3.05, 3.63) is 23.8 Å². The molecule has 0 aliphatic carbocycles. The minimum Gasteiger partial charge on any atom is -0.508 e. The number of rotatable bonds is 4. The van der Waals surface area contributed by atoms with Crippen molar-refractivity contribution in [2.75, 3.05) is 26.2 Å². The molecule has 5 nitrogen and oxygen atoms in total. The molecule has 18 heavy (non-hydrogen) atoms. The third-order valence-corrected chi connectivity index (χ3v) is 3.28. The van der Waals surface area contributed by atoms with Crippen LogP contribution in [0.1, 0.15) is 16.8 Å². The average Bonchev–Trinajstić information content (AvgIpc) is 2.76. The molecule has 1 aliphatic rings. The van der Waals surface area contributed by atoms with Crippen LogP contribution >= 0.6 is 0 Å². The molecule has 1 atom stereocenters. The van der Waals surface area contributed by atoms with Crippen LogP contribution in [0.3, 0.4) is 0 Å². The van der Waals surface area contributed by atoms with E-state index in [4.69, 9.17) is 10.2 Å². The number of aliphatic hydroxyl groups is 1. The van der Waals surface area contributed by atoms with E-state index in [2.05, 4.69) is 0 Å². The Bertz CT molecular complexity index is 447. The number of hydrogen-bond donors (Lipinski definition) is 3. The van der Waals surface area contributed by atoms with Gasteiger partial charge in [-0.1, -0.05) is 0 Å². The molecule has 0 radical (unpaired) electrons. The highest BCUT2D eigenvalue weighted by molar-refractivity contribution is 6.00. The summed E-state index contributed by atoms with van der Waals surface area (Å²) in [5.41, 5.74) is 0.222. The quantitative estimate of drug-likeness (QED) is 0.683. The number of ketones is 1. The maximum Gasteiger partial charge on any atom is 0.180 e. The topological polar surface area (TPSA) is 81.0 Å². The lowest BCUT2D eigenvalue weighted by atomic mass is 10.1. The molecule has 0 saturated carbocycles. The van der Waals surface area contributed by atoms with E-state index in [0.29, 0.717) is 6.54 Å². The number of hydrogen-bond acceptors (Lipinski definition) is 5. The normalized spacial score (nSPS) is 20.2. The molecule has 0 amide bonds. The van der Waals surface area contributed by atoms with Crippen LogP contribution in [0, 0.1) is 5.92 Å². The van der Waals surface area contributed by atoms with E-state index in [0.717, 1.165) is 19.0 Å². The summed E-state index contributed by atoms with van der Waals surface area (Å²) in [6, 6.07) is 3.97. The van der Waals surface area contributed by atoms with E-state index in [1.54, 1.807) is 0 Å². The van der Waals surface area contributed by atoms with Crippen molar-refractivity contribution in [1.29, 1.82) is 0 Å². The van der Waals surface area contributed by atoms with Crippen LogP contribution in [-0.2, 0) is 0 Å². The summed E-state index contributed by atoms with van der Waals surface area (Å²) >= 11 is 0. The zero-order valence-corrected chi connectivity index (χ0v) is 10.0. The van der Waals surface area contributed by atoms with E-state index in [1.165, 1.54) is 12.1 Å². The van der Waals surface area contributed by atoms with Crippen molar-refractivity contribution in [3.8, 4) is 11.5 Å². The van der Waals surface area contributed by atoms with Gasteiger partial charge in [0, 0.05) is 19.2 Å². The average molecular weight is 251 g/mol. The number of phenols is 2. The minimum absolute atomic E-state index is 0.0643. The first kappa shape index (κ1) is 12.9. The number of carbonyl (C=O) groups excluding carboxylic acids is 1. The molecule has 1 heterocycles. The van der Waals surface area contributed by atoms with Gasteiger partial charge in [0.1, 0.15) is 11.5 Å². The van der Waals surface area contributed by atoms with Crippen LogP contribution in [0.4, 0.5) is 0 Å². The highest BCUT2D eigenvalue weighted by atomic mass is 16.3. The largest absolute Gasteiger partial charge is 0.508 e. The molecule has 1 fully saturated rings. The molecule has 5 heteroatoms. The van der Waals surface area contributed by atoms with Crippen LogP contribution in [0.15, 0.2) is 18.2 Å². The predicted octanol–water partition coefficient (Wildman–Crippen LogP) is 0.595. The van der Waals surface area contributed by atoms with Crippen LogP contribution in [0.5, 0.6) is 11.5 Å². The van der Waals surface area contributed by atoms with Gasteiger partial charge >= 0.3 is 0 Å². The van der Waals surface area contributed by atoms with Gasteiger partial charge < -0.3 is 15.3 Å². The van der Waals surface area contributed by atoms with Crippen LogP contribution in [-0.4, -0.2) is 52.2 Å². The second-order valence-electron chi connectivity index (χ2n) is 4.70. The maximum absolute atomic E-state index is 12.0. The molecule has 1 unspecified atom stereocenters. The summed E-state index contributed by atoms with van der Waals surface area (Å²) in [4.78, 5) is 13.9. The monoisotopic (exact) mass is 251 g/mol. The van der Waals surface area contributed by atoms with E-state index < -0.39 is 0 Å². The third kappa shape index (κ3) is 2.80. The van der Waals surface area contributed by atoms with Crippen molar-refractivity contribution in [1.82, 2.24) is 4.90 Å². The smallest absolute Gasteiger partial charge is 0.180 e. The lowest BCUT2D eigenvalue weighted by molar-refractivity contribution is 0.0937. The summed E-state index contributed by atoms with van der Waals surface area (Å²) in [7, 11) is 0. The highest BCUT2D eigenvalue weighted by Crippen LogP contribution is 2.24. The molecule has 2 rings (SSSR count). The van der Waals surface area contributed by atoms with E-state index in [9.17, 15) is 9.90 Å². The fourth-order valence-corrected chi connectivity index (χ4v) is 2.25. The van der Waals surface area contributed by atoms with E-state index in [1.807, 2.05) is 4.90 Å². The first-order chi connectivity index (χ1) is 8.60. The Morgan fingerprint density at radius 3 is 2.78 bits per heavy atom. The fourth-order valence-electron chi connectivity index (χ4n) is 2.25. The number of nitrogens with zero attached hydrogens (tertiary/aromatic N) is 1. The number of aromatic hydroxyl groups is 2. The van der Waals surface area contributed by atoms with E-state index >= 15 is 0 Å². The Hall–Kier alpha value is -1.59. The SMILES string of the molecule is O=C(CN1CCC(CO)C1)c1ccc(O)cc1O. The number of phenolic OH excluding ortho intramolecular Hbond substituents is 2. The molecule has 0 bridgehead atoms. The predicted molar refractivity (Wildman–Crippen MR) is 65.7 cm³/mol. The van der Waals surface area contributed by atoms with Gasteiger partial charge in [0.25, 0.3) is 0 Å². The van der Waals surface area contributed by atoms with Gasteiger partial charge in [-0.25, -0.2) is 0 Å². The van der Waals surface area contributed by atoms with Gasteiger partial charge in [0.15, 0.2) is 5.78 Å². The Morgan fingerprint density at radius 2 is 2.17 bits per heavy atom. The van der Waals surface area contributed by atoms with Crippen molar-refractivity contribution in [2.24, 2.45) is 5.92 Å². The van der Waals surface area contributed by atoms with Crippen LogP contribution < -0.4 is 0 Å². The lowest BCUT2D eigenvalue weighted by Crippen LogP contribution is -2.28. The van der Waals surface area contributed by atoms with Crippen LogP contribution in [0.25, 0.3) is 0 Å². The maximum atomic E-state index is 12.0. The van der Waals surface area contributed by atoms with Crippen molar-refractivity contribution in [3.63, 3.8) is 0 Å². The molecular formula is C13H17NO4. The van der Waals surface area contributed by atoms with Crippen molar-refractivity contribution >= 4 is 5.78 Å². The second-order valence-corrected chi connectivity index (χ2v) is 4.70. The molecule has 0 spiro atoms.